The van der Waals surface area contributed by atoms with E-state index in [1.165, 1.54) is 31.0 Å². The Morgan fingerprint density at radius 1 is 1.30 bits per heavy atom. The number of nitrogens with zero attached hydrogens (tertiary/aromatic N) is 2. The summed E-state index contributed by atoms with van der Waals surface area (Å²) in [5.74, 6) is 2.69. The van der Waals surface area contributed by atoms with E-state index in [2.05, 4.69) is 10.2 Å². The van der Waals surface area contributed by atoms with Crippen LogP contribution >= 0.6 is 11.8 Å². The highest BCUT2D eigenvalue weighted by Gasteiger charge is 2.55. The summed E-state index contributed by atoms with van der Waals surface area (Å²) in [6.07, 6.45) is 9.39. The molecule has 6 nitrogen and oxygen atoms in total. The molecule has 4 aliphatic carbocycles. The molecule has 0 amide bonds. The molecule has 2 atom stereocenters. The fourth-order valence-corrected chi connectivity index (χ4v) is 7.66. The molecule has 7 heteroatoms. The van der Waals surface area contributed by atoms with Crippen LogP contribution in [0.1, 0.15) is 58.3 Å². The van der Waals surface area contributed by atoms with Crippen molar-refractivity contribution in [2.75, 3.05) is 6.61 Å². The molecule has 0 radical (unpaired) electrons. The van der Waals surface area contributed by atoms with Crippen LogP contribution in [0.25, 0.3) is 0 Å². The number of ether oxygens (including phenoxy) is 1. The van der Waals surface area contributed by atoms with Gasteiger partial charge < -0.3 is 4.74 Å². The summed E-state index contributed by atoms with van der Waals surface area (Å²) in [5.41, 5.74) is -0.306. The maximum absolute atomic E-state index is 13.5. The van der Waals surface area contributed by atoms with Crippen LogP contribution in [-0.2, 0) is 16.1 Å². The second kappa shape index (κ2) is 6.76. The van der Waals surface area contributed by atoms with Crippen molar-refractivity contribution >= 4 is 17.5 Å². The average Bonchev–Trinajstić information content (AvgIpc) is 3.25. The zero-order valence-electron chi connectivity index (χ0n) is 16.0. The molecule has 4 saturated carbocycles. The summed E-state index contributed by atoms with van der Waals surface area (Å²) in [5, 5.41) is 7.23. The lowest BCUT2D eigenvalue weighted by Gasteiger charge is -2.56. The van der Waals surface area contributed by atoms with E-state index in [-0.39, 0.29) is 22.5 Å². The first-order chi connectivity index (χ1) is 13.0. The Labute approximate surface area is 163 Å². The van der Waals surface area contributed by atoms with Crippen LogP contribution in [0.3, 0.4) is 0 Å². The molecule has 27 heavy (non-hydrogen) atoms. The molecule has 0 unspecified atom stereocenters. The van der Waals surface area contributed by atoms with E-state index in [0.29, 0.717) is 17.5 Å². The van der Waals surface area contributed by atoms with Gasteiger partial charge in [-0.15, -0.1) is 5.10 Å². The van der Waals surface area contributed by atoms with Crippen molar-refractivity contribution in [2.45, 2.75) is 81.3 Å². The van der Waals surface area contributed by atoms with Gasteiger partial charge in [-0.2, -0.15) is 0 Å². The van der Waals surface area contributed by atoms with Crippen molar-refractivity contribution in [3.05, 3.63) is 10.5 Å². The SMILES string of the molecule is C[C@H](Sc1n[nH]c(=O)n1C[C@H]1CCCO1)C(=O)C12CC3CC(CC(C3)C1)C2. The molecule has 5 fully saturated rings. The Balaban J connectivity index is 1.31. The molecule has 0 spiro atoms. The van der Waals surface area contributed by atoms with Gasteiger partial charge in [0.15, 0.2) is 10.9 Å². The molecular formula is C20H29N3O3S. The first kappa shape index (κ1) is 18.0. The van der Waals surface area contributed by atoms with Gasteiger partial charge in [0.05, 0.1) is 17.9 Å². The van der Waals surface area contributed by atoms with Crippen molar-refractivity contribution < 1.29 is 9.53 Å². The quantitative estimate of drug-likeness (QED) is 0.755. The molecule has 148 valence electrons. The Morgan fingerprint density at radius 2 is 1.96 bits per heavy atom. The molecule has 1 aromatic heterocycles. The Kier molecular flexibility index (Phi) is 4.50. The number of nitrogens with one attached hydrogen (secondary N) is 1. The number of aromatic nitrogens is 3. The topological polar surface area (TPSA) is 77.0 Å². The second-order valence-corrected chi connectivity index (χ2v) is 10.7. The molecule has 1 aliphatic heterocycles. The lowest BCUT2D eigenvalue weighted by atomic mass is 9.48. The van der Waals surface area contributed by atoms with Gasteiger partial charge in [0.1, 0.15) is 0 Å². The fourth-order valence-electron chi connectivity index (χ4n) is 6.60. The van der Waals surface area contributed by atoms with Crippen LogP contribution in [0.15, 0.2) is 9.95 Å². The minimum atomic E-state index is -0.206. The number of Topliss-reactive ketones (excluding diaryl/α,β-unsaturated/α-hetero) is 1. The van der Waals surface area contributed by atoms with E-state index < -0.39 is 0 Å². The number of hydrogen-bond acceptors (Lipinski definition) is 5. The number of hydrogen-bond donors (Lipinski definition) is 1. The van der Waals surface area contributed by atoms with Crippen molar-refractivity contribution in [1.82, 2.24) is 14.8 Å². The number of rotatable bonds is 6. The third-order valence-electron chi connectivity index (χ3n) is 7.35. The normalized spacial score (nSPS) is 38.4. The van der Waals surface area contributed by atoms with Crippen molar-refractivity contribution in [3.8, 4) is 0 Å². The predicted octanol–water partition coefficient (Wildman–Crippen LogP) is 3.02. The molecule has 2 heterocycles. The van der Waals surface area contributed by atoms with Crippen LogP contribution in [0.2, 0.25) is 0 Å². The van der Waals surface area contributed by atoms with Gasteiger partial charge >= 0.3 is 5.69 Å². The van der Waals surface area contributed by atoms with Gasteiger partial charge in [-0.3, -0.25) is 9.36 Å². The number of carbonyl (C=O) groups is 1. The molecule has 1 N–H and O–H groups in total. The molecule has 1 saturated heterocycles. The molecular weight excluding hydrogens is 362 g/mol. The first-order valence-electron chi connectivity index (χ1n) is 10.5. The van der Waals surface area contributed by atoms with Crippen LogP contribution in [-0.4, -0.2) is 38.5 Å². The third kappa shape index (κ3) is 3.20. The first-order valence-corrected chi connectivity index (χ1v) is 11.4. The van der Waals surface area contributed by atoms with Gasteiger partial charge in [0.25, 0.3) is 0 Å². The number of carbonyl (C=O) groups excluding carboxylic acids is 1. The lowest BCUT2D eigenvalue weighted by molar-refractivity contribution is -0.142. The summed E-state index contributed by atoms with van der Waals surface area (Å²) in [7, 11) is 0. The van der Waals surface area contributed by atoms with E-state index in [0.717, 1.165) is 56.5 Å². The second-order valence-electron chi connectivity index (χ2n) is 9.38. The van der Waals surface area contributed by atoms with Crippen LogP contribution in [0.5, 0.6) is 0 Å². The smallest absolute Gasteiger partial charge is 0.344 e. The lowest BCUT2D eigenvalue weighted by Crippen LogP contribution is -2.51. The minimum absolute atomic E-state index is 0.0776. The summed E-state index contributed by atoms with van der Waals surface area (Å²) in [6, 6.07) is 0. The maximum atomic E-state index is 13.5. The van der Waals surface area contributed by atoms with Gasteiger partial charge in [-0.25, -0.2) is 9.89 Å². The van der Waals surface area contributed by atoms with E-state index >= 15 is 0 Å². The number of H-pyrrole nitrogens is 1. The number of thioether (sulfide) groups is 1. The minimum Gasteiger partial charge on any atom is -0.376 e. The Bertz CT molecular complexity index is 744. The molecule has 1 aromatic rings. The van der Waals surface area contributed by atoms with Gasteiger partial charge in [-0.05, 0) is 76.0 Å². The largest absolute Gasteiger partial charge is 0.376 e. The monoisotopic (exact) mass is 391 g/mol. The van der Waals surface area contributed by atoms with Crippen molar-refractivity contribution in [1.29, 1.82) is 0 Å². The van der Waals surface area contributed by atoms with E-state index in [9.17, 15) is 9.59 Å². The fraction of sp³-hybridized carbons (Fsp3) is 0.850. The highest BCUT2D eigenvalue weighted by molar-refractivity contribution is 8.00. The average molecular weight is 392 g/mol. The van der Waals surface area contributed by atoms with Gasteiger partial charge in [-0.1, -0.05) is 11.8 Å². The summed E-state index contributed by atoms with van der Waals surface area (Å²) < 4.78 is 7.33. The van der Waals surface area contributed by atoms with Crippen LogP contribution in [0.4, 0.5) is 0 Å². The van der Waals surface area contributed by atoms with Gasteiger partial charge in [0, 0.05) is 12.0 Å². The molecule has 0 aromatic carbocycles. The van der Waals surface area contributed by atoms with Crippen molar-refractivity contribution in [3.63, 3.8) is 0 Å². The molecule has 4 bridgehead atoms. The van der Waals surface area contributed by atoms with E-state index in [4.69, 9.17) is 4.74 Å². The van der Waals surface area contributed by atoms with E-state index in [1.807, 2.05) is 6.92 Å². The Hall–Kier alpha value is -1.08. The van der Waals surface area contributed by atoms with Crippen LogP contribution < -0.4 is 5.69 Å². The standard InChI is InChI=1S/C20H29N3O3S/c1-12(17(24)20-8-13-5-14(9-20)7-15(6-13)10-20)27-19-22-21-18(25)23(19)11-16-3-2-4-26-16/h12-16H,2-11H2,1H3,(H,21,25)/t12-,13?,14?,15?,16+,20?/m0/s1. The van der Waals surface area contributed by atoms with Crippen molar-refractivity contribution in [2.24, 2.45) is 23.2 Å². The highest BCUT2D eigenvalue weighted by atomic mass is 32.2. The summed E-state index contributed by atoms with van der Waals surface area (Å²) in [6.45, 7) is 3.29. The molecule has 5 aliphatic rings. The summed E-state index contributed by atoms with van der Waals surface area (Å²) >= 11 is 1.45. The van der Waals surface area contributed by atoms with E-state index in [1.54, 1.807) is 4.57 Å². The third-order valence-corrected chi connectivity index (χ3v) is 8.44. The van der Waals surface area contributed by atoms with Gasteiger partial charge in [0.2, 0.25) is 0 Å². The predicted molar refractivity (Wildman–Crippen MR) is 103 cm³/mol. The van der Waals surface area contributed by atoms with Crippen LogP contribution in [0, 0.1) is 23.2 Å². The zero-order chi connectivity index (χ0) is 18.6. The highest BCUT2D eigenvalue weighted by Crippen LogP contribution is 2.61. The summed E-state index contributed by atoms with van der Waals surface area (Å²) in [4.78, 5) is 25.7. The number of aromatic amines is 1. The zero-order valence-corrected chi connectivity index (χ0v) is 16.8. The Morgan fingerprint density at radius 3 is 2.56 bits per heavy atom. The number of ketones is 1. The molecule has 6 rings (SSSR count). The maximum Gasteiger partial charge on any atom is 0.344 e.